The van der Waals surface area contributed by atoms with Crippen molar-refractivity contribution in [3.05, 3.63) is 63.1 Å². The van der Waals surface area contributed by atoms with Crippen molar-refractivity contribution in [2.75, 3.05) is 5.32 Å². The lowest BCUT2D eigenvalue weighted by Gasteiger charge is -2.21. The highest BCUT2D eigenvalue weighted by Gasteiger charge is 2.21. The number of aromatic nitrogens is 1. The fourth-order valence-corrected chi connectivity index (χ4v) is 3.58. The zero-order chi connectivity index (χ0) is 20.7. The van der Waals surface area contributed by atoms with E-state index in [2.05, 4.69) is 30.7 Å². The summed E-state index contributed by atoms with van der Waals surface area (Å²) in [4.78, 5) is 25.9. The van der Waals surface area contributed by atoms with E-state index in [9.17, 15) is 9.59 Å². The first kappa shape index (κ1) is 21.9. The van der Waals surface area contributed by atoms with Crippen molar-refractivity contribution in [3.8, 4) is 0 Å². The molecule has 152 valence electrons. The molecule has 1 aromatic heterocycles. The van der Waals surface area contributed by atoms with E-state index < -0.39 is 0 Å². The predicted molar refractivity (Wildman–Crippen MR) is 117 cm³/mol. The molecule has 4 nitrogen and oxygen atoms in total. The maximum atomic E-state index is 13.1. The molecule has 0 saturated heterocycles. The van der Waals surface area contributed by atoms with Crippen LogP contribution in [0.25, 0.3) is 0 Å². The summed E-state index contributed by atoms with van der Waals surface area (Å²) in [7, 11) is 0. The van der Waals surface area contributed by atoms with E-state index in [-0.39, 0.29) is 16.9 Å². The van der Waals surface area contributed by atoms with Crippen LogP contribution in [0.4, 0.5) is 5.69 Å². The van der Waals surface area contributed by atoms with Gasteiger partial charge < -0.3 is 9.88 Å². The number of amides is 1. The summed E-state index contributed by atoms with van der Waals surface area (Å²) < 4.78 is 2.18. The van der Waals surface area contributed by atoms with Crippen molar-refractivity contribution in [1.82, 2.24) is 4.57 Å². The van der Waals surface area contributed by atoms with Gasteiger partial charge in [0.25, 0.3) is 5.91 Å². The Bertz CT molecular complexity index is 865. The van der Waals surface area contributed by atoms with Crippen molar-refractivity contribution >= 4 is 11.6 Å². The van der Waals surface area contributed by atoms with Crippen LogP contribution >= 0.6 is 0 Å². The van der Waals surface area contributed by atoms with Gasteiger partial charge in [0.1, 0.15) is 5.56 Å². The van der Waals surface area contributed by atoms with Crippen LogP contribution in [-0.2, 0) is 13.0 Å². The number of anilines is 1. The number of aryl methyl sites for hydroxylation is 2. The monoisotopic (exact) mass is 382 g/mol. The van der Waals surface area contributed by atoms with Gasteiger partial charge in [-0.25, -0.2) is 0 Å². The van der Waals surface area contributed by atoms with Gasteiger partial charge in [0.05, 0.1) is 0 Å². The summed E-state index contributed by atoms with van der Waals surface area (Å²) in [6.45, 7) is 11.2. The first-order chi connectivity index (χ1) is 13.3. The first-order valence-corrected chi connectivity index (χ1v) is 10.4. The van der Waals surface area contributed by atoms with Gasteiger partial charge in [0.2, 0.25) is 0 Å². The average Bonchev–Trinajstić information content (AvgIpc) is 2.62. The van der Waals surface area contributed by atoms with E-state index in [0.29, 0.717) is 12.3 Å². The van der Waals surface area contributed by atoms with Crippen LogP contribution < -0.4 is 10.7 Å². The Morgan fingerprint density at radius 1 is 1.11 bits per heavy atom. The molecule has 0 radical (unpaired) electrons. The second-order valence-electron chi connectivity index (χ2n) is 8.05. The van der Waals surface area contributed by atoms with Crippen molar-refractivity contribution in [2.45, 2.75) is 73.3 Å². The first-order valence-electron chi connectivity index (χ1n) is 10.4. The lowest BCUT2D eigenvalue weighted by molar-refractivity contribution is 0.102. The van der Waals surface area contributed by atoms with Crippen LogP contribution in [0.1, 0.15) is 73.8 Å². The Balaban J connectivity index is 2.44. The minimum absolute atomic E-state index is 0.191. The molecule has 0 fully saturated rings. The third-order valence-electron chi connectivity index (χ3n) is 5.08. The molecule has 1 aromatic carbocycles. The highest BCUT2D eigenvalue weighted by molar-refractivity contribution is 6.05. The number of carbonyl (C=O) groups excluding carboxylic acids is 1. The molecule has 0 saturated carbocycles. The minimum Gasteiger partial charge on any atom is -0.348 e. The molecular weight excluding hydrogens is 348 g/mol. The maximum Gasteiger partial charge on any atom is 0.261 e. The number of rotatable bonds is 9. The van der Waals surface area contributed by atoms with Gasteiger partial charge in [-0.1, -0.05) is 58.2 Å². The Morgan fingerprint density at radius 3 is 2.46 bits per heavy atom. The summed E-state index contributed by atoms with van der Waals surface area (Å²) >= 11 is 0. The normalized spacial score (nSPS) is 11.1. The second kappa shape index (κ2) is 10.3. The van der Waals surface area contributed by atoms with Crippen LogP contribution in [0.5, 0.6) is 0 Å². The standard InChI is InChI=1S/C24H34N2O2/c1-6-7-8-11-14-26-19(5)16-22(27)23(21(26)15-17(2)3)24(28)25-20-13-10-9-12-18(20)4/h9-10,12-13,16-17H,6-8,11,14-15H2,1-5H3,(H,25,28). The predicted octanol–water partition coefficient (Wildman–Crippen LogP) is 5.50. The fraction of sp³-hybridized carbons (Fsp3) is 0.500. The summed E-state index contributed by atoms with van der Waals surface area (Å²) in [6.07, 6.45) is 5.32. The number of pyridine rings is 1. The lowest BCUT2D eigenvalue weighted by atomic mass is 10.00. The molecule has 0 bridgehead atoms. The lowest BCUT2D eigenvalue weighted by Crippen LogP contribution is -2.29. The van der Waals surface area contributed by atoms with Crippen molar-refractivity contribution in [3.63, 3.8) is 0 Å². The molecular formula is C24H34N2O2. The molecule has 0 spiro atoms. The summed E-state index contributed by atoms with van der Waals surface area (Å²) in [5.41, 5.74) is 3.62. The van der Waals surface area contributed by atoms with Gasteiger partial charge in [-0.2, -0.15) is 0 Å². The van der Waals surface area contributed by atoms with E-state index in [1.54, 1.807) is 6.07 Å². The molecule has 0 aliphatic heterocycles. The number of hydrogen-bond donors (Lipinski definition) is 1. The van der Waals surface area contributed by atoms with E-state index in [1.807, 2.05) is 38.1 Å². The maximum absolute atomic E-state index is 13.1. The molecule has 1 heterocycles. The highest BCUT2D eigenvalue weighted by Crippen LogP contribution is 2.19. The summed E-state index contributed by atoms with van der Waals surface area (Å²) in [5, 5.41) is 2.95. The van der Waals surface area contributed by atoms with Crippen molar-refractivity contribution < 1.29 is 4.79 Å². The van der Waals surface area contributed by atoms with E-state index >= 15 is 0 Å². The number of para-hydroxylation sites is 1. The molecule has 0 unspecified atom stereocenters. The van der Waals surface area contributed by atoms with Crippen molar-refractivity contribution in [1.29, 1.82) is 0 Å². The van der Waals surface area contributed by atoms with Gasteiger partial charge >= 0.3 is 0 Å². The van der Waals surface area contributed by atoms with E-state index in [4.69, 9.17) is 0 Å². The SMILES string of the molecule is CCCCCCn1c(C)cc(=O)c(C(=O)Nc2ccccc2C)c1CC(C)C. The largest absolute Gasteiger partial charge is 0.348 e. The number of nitrogens with zero attached hydrogens (tertiary/aromatic N) is 1. The zero-order valence-corrected chi connectivity index (χ0v) is 18.0. The number of carbonyl (C=O) groups is 1. The number of benzene rings is 1. The molecule has 0 aliphatic carbocycles. The zero-order valence-electron chi connectivity index (χ0n) is 18.0. The minimum atomic E-state index is -0.308. The Hall–Kier alpha value is -2.36. The van der Waals surface area contributed by atoms with Gasteiger partial charge in [-0.3, -0.25) is 9.59 Å². The number of hydrogen-bond acceptors (Lipinski definition) is 2. The molecule has 28 heavy (non-hydrogen) atoms. The van der Waals surface area contributed by atoms with Crippen molar-refractivity contribution in [2.24, 2.45) is 5.92 Å². The van der Waals surface area contributed by atoms with Crippen LogP contribution in [0.3, 0.4) is 0 Å². The topological polar surface area (TPSA) is 51.1 Å². The van der Waals surface area contributed by atoms with Gasteiger partial charge in [0, 0.05) is 29.7 Å². The van der Waals surface area contributed by atoms with Gasteiger partial charge in [-0.05, 0) is 44.2 Å². The molecule has 0 aliphatic rings. The average molecular weight is 383 g/mol. The third kappa shape index (κ3) is 5.57. The van der Waals surface area contributed by atoms with Crippen LogP contribution in [0, 0.1) is 19.8 Å². The quantitative estimate of drug-likeness (QED) is 0.583. The molecule has 0 atom stereocenters. The van der Waals surface area contributed by atoms with Gasteiger partial charge in [0.15, 0.2) is 5.43 Å². The third-order valence-corrected chi connectivity index (χ3v) is 5.08. The molecule has 2 aromatic rings. The molecule has 2 rings (SSSR count). The summed E-state index contributed by atoms with van der Waals surface area (Å²) in [6, 6.07) is 9.25. The molecule has 1 amide bonds. The van der Waals surface area contributed by atoms with Crippen LogP contribution in [0.2, 0.25) is 0 Å². The number of nitrogens with one attached hydrogen (secondary N) is 1. The Labute approximate surface area is 169 Å². The molecule has 4 heteroatoms. The summed E-state index contributed by atoms with van der Waals surface area (Å²) in [5.74, 6) is 0.0466. The smallest absolute Gasteiger partial charge is 0.261 e. The van der Waals surface area contributed by atoms with Gasteiger partial charge in [-0.15, -0.1) is 0 Å². The highest BCUT2D eigenvalue weighted by atomic mass is 16.2. The van der Waals surface area contributed by atoms with E-state index in [0.717, 1.165) is 42.0 Å². The fourth-order valence-electron chi connectivity index (χ4n) is 3.58. The van der Waals surface area contributed by atoms with E-state index in [1.165, 1.54) is 12.8 Å². The Morgan fingerprint density at radius 2 is 1.82 bits per heavy atom. The van der Waals surface area contributed by atoms with Crippen LogP contribution in [0.15, 0.2) is 35.1 Å². The second-order valence-corrected chi connectivity index (χ2v) is 8.05. The number of unbranched alkanes of at least 4 members (excludes halogenated alkanes) is 3. The Kier molecular flexibility index (Phi) is 8.04. The van der Waals surface area contributed by atoms with Crippen LogP contribution in [-0.4, -0.2) is 10.5 Å². The molecule has 1 N–H and O–H groups in total.